The van der Waals surface area contributed by atoms with E-state index in [2.05, 4.69) is 15.5 Å². The molecule has 0 bridgehead atoms. The molecule has 0 spiro atoms. The van der Waals surface area contributed by atoms with Crippen molar-refractivity contribution in [2.24, 2.45) is 0 Å². The minimum absolute atomic E-state index is 0.0392. The molecule has 2 aromatic carbocycles. The van der Waals surface area contributed by atoms with Crippen LogP contribution in [0.4, 0.5) is 0 Å². The Hall–Kier alpha value is -3.46. The fourth-order valence-electron chi connectivity index (χ4n) is 4.35. The summed E-state index contributed by atoms with van der Waals surface area (Å²) in [5.41, 5.74) is 2.48. The molecule has 2 heterocycles. The molecule has 4 rings (SSSR count). The number of nitrogens with one attached hydrogen (secondary N) is 2. The van der Waals surface area contributed by atoms with Gasteiger partial charge in [-0.05, 0) is 42.7 Å². The zero-order chi connectivity index (χ0) is 24.1. The summed E-state index contributed by atoms with van der Waals surface area (Å²) >= 11 is 0. The lowest BCUT2D eigenvalue weighted by atomic mass is 10.0. The number of carbonyl (C=O) groups excluding carboxylic acids is 2. The number of ether oxygens (including phenoxy) is 4. The Morgan fingerprint density at radius 2 is 1.79 bits per heavy atom. The Bertz CT molecular complexity index is 1020. The largest absolute Gasteiger partial charge is 0.493 e. The van der Waals surface area contributed by atoms with Crippen molar-refractivity contribution in [2.45, 2.75) is 32.0 Å². The predicted octanol–water partition coefficient (Wildman–Crippen LogP) is 2.12. The number of rotatable bonds is 7. The van der Waals surface area contributed by atoms with Gasteiger partial charge in [0.2, 0.25) is 5.75 Å². The van der Waals surface area contributed by atoms with Crippen molar-refractivity contribution in [3.63, 3.8) is 0 Å². The SMILES string of the molecule is COc1cc(CN2CCC(NC(=O)c3ccc4c(c3)OCC(=O)NC4)CC2)cc(OC)c1OC. The number of hydrogen-bond donors (Lipinski definition) is 2. The molecule has 182 valence electrons. The molecule has 9 nitrogen and oxygen atoms in total. The van der Waals surface area contributed by atoms with Gasteiger partial charge in [-0.25, -0.2) is 0 Å². The summed E-state index contributed by atoms with van der Waals surface area (Å²) in [6, 6.07) is 9.36. The summed E-state index contributed by atoms with van der Waals surface area (Å²) < 4.78 is 21.9. The van der Waals surface area contributed by atoms with Crippen LogP contribution >= 0.6 is 0 Å². The quantitative estimate of drug-likeness (QED) is 0.641. The molecule has 0 atom stereocenters. The van der Waals surface area contributed by atoms with Crippen molar-refractivity contribution in [1.29, 1.82) is 0 Å². The Labute approximate surface area is 199 Å². The van der Waals surface area contributed by atoms with Crippen LogP contribution in [0.5, 0.6) is 23.0 Å². The van der Waals surface area contributed by atoms with Crippen LogP contribution in [0.3, 0.4) is 0 Å². The highest BCUT2D eigenvalue weighted by Gasteiger charge is 2.23. The second-order valence-electron chi connectivity index (χ2n) is 8.45. The summed E-state index contributed by atoms with van der Waals surface area (Å²) in [5.74, 6) is 2.15. The van der Waals surface area contributed by atoms with Crippen molar-refractivity contribution in [3.05, 3.63) is 47.0 Å². The van der Waals surface area contributed by atoms with Gasteiger partial charge in [0, 0.05) is 43.3 Å². The van der Waals surface area contributed by atoms with Crippen molar-refractivity contribution in [3.8, 4) is 23.0 Å². The van der Waals surface area contributed by atoms with Crippen LogP contribution in [-0.2, 0) is 17.9 Å². The maximum absolute atomic E-state index is 12.8. The second kappa shape index (κ2) is 10.6. The fraction of sp³-hybridized carbons (Fsp3) is 0.440. The molecular formula is C25H31N3O6. The molecule has 2 aliphatic heterocycles. The molecule has 34 heavy (non-hydrogen) atoms. The van der Waals surface area contributed by atoms with E-state index in [1.807, 2.05) is 18.2 Å². The van der Waals surface area contributed by atoms with Gasteiger partial charge in [0.1, 0.15) is 5.75 Å². The molecule has 1 saturated heterocycles. The van der Waals surface area contributed by atoms with Crippen molar-refractivity contribution in [2.75, 3.05) is 41.0 Å². The van der Waals surface area contributed by atoms with Gasteiger partial charge in [-0.1, -0.05) is 6.07 Å². The minimum Gasteiger partial charge on any atom is -0.493 e. The smallest absolute Gasteiger partial charge is 0.258 e. The molecule has 0 aliphatic carbocycles. The van der Waals surface area contributed by atoms with E-state index in [1.54, 1.807) is 33.5 Å². The Kier molecular flexibility index (Phi) is 7.42. The lowest BCUT2D eigenvalue weighted by Crippen LogP contribution is -2.44. The third kappa shape index (κ3) is 5.36. The number of likely N-dealkylation sites (tertiary alicyclic amines) is 1. The summed E-state index contributed by atoms with van der Waals surface area (Å²) in [4.78, 5) is 26.7. The first-order valence-electron chi connectivity index (χ1n) is 11.3. The lowest BCUT2D eigenvalue weighted by molar-refractivity contribution is -0.122. The van der Waals surface area contributed by atoms with E-state index in [9.17, 15) is 9.59 Å². The molecule has 9 heteroatoms. The maximum Gasteiger partial charge on any atom is 0.258 e. The monoisotopic (exact) mass is 469 g/mol. The molecule has 0 unspecified atom stereocenters. The zero-order valence-electron chi connectivity index (χ0n) is 19.8. The van der Waals surface area contributed by atoms with Crippen LogP contribution < -0.4 is 29.6 Å². The number of piperidine rings is 1. The lowest BCUT2D eigenvalue weighted by Gasteiger charge is -2.32. The highest BCUT2D eigenvalue weighted by Crippen LogP contribution is 2.38. The van der Waals surface area contributed by atoms with Crippen LogP contribution in [0, 0.1) is 0 Å². The summed E-state index contributed by atoms with van der Waals surface area (Å²) in [6.45, 7) is 2.85. The fourth-order valence-corrected chi connectivity index (χ4v) is 4.35. The first-order chi connectivity index (χ1) is 16.5. The molecule has 2 amide bonds. The average molecular weight is 470 g/mol. The minimum atomic E-state index is -0.166. The number of amides is 2. The molecule has 0 aromatic heterocycles. The standard InChI is InChI=1S/C25H31N3O6/c1-31-21-10-16(11-22(32-2)24(21)33-3)14-28-8-6-19(7-9-28)27-25(30)17-4-5-18-13-26-23(29)15-34-20(18)12-17/h4-5,10-12,19H,6-9,13-15H2,1-3H3,(H,26,29)(H,27,30). The predicted molar refractivity (Wildman–Crippen MR) is 126 cm³/mol. The van der Waals surface area contributed by atoms with Gasteiger partial charge in [0.05, 0.1) is 21.3 Å². The highest BCUT2D eigenvalue weighted by atomic mass is 16.5. The number of nitrogens with zero attached hydrogens (tertiary/aromatic N) is 1. The van der Waals surface area contributed by atoms with E-state index >= 15 is 0 Å². The van der Waals surface area contributed by atoms with Gasteiger partial charge >= 0.3 is 0 Å². The molecule has 2 aromatic rings. The van der Waals surface area contributed by atoms with Crippen molar-refractivity contribution >= 4 is 11.8 Å². The number of carbonyl (C=O) groups is 2. The Morgan fingerprint density at radius 3 is 2.44 bits per heavy atom. The number of benzene rings is 2. The van der Waals surface area contributed by atoms with E-state index in [4.69, 9.17) is 18.9 Å². The first kappa shape index (κ1) is 23.7. The van der Waals surface area contributed by atoms with Crippen LogP contribution in [0.2, 0.25) is 0 Å². The highest BCUT2D eigenvalue weighted by molar-refractivity contribution is 5.95. The third-order valence-electron chi connectivity index (χ3n) is 6.22. The van der Waals surface area contributed by atoms with Gasteiger partial charge < -0.3 is 29.6 Å². The zero-order valence-corrected chi connectivity index (χ0v) is 19.8. The first-order valence-corrected chi connectivity index (χ1v) is 11.3. The Balaban J connectivity index is 1.32. The molecule has 1 fully saturated rings. The normalized spacial score (nSPS) is 16.5. The molecular weight excluding hydrogens is 438 g/mol. The van der Waals surface area contributed by atoms with Gasteiger partial charge in [-0.2, -0.15) is 0 Å². The van der Waals surface area contributed by atoms with E-state index in [1.165, 1.54) is 0 Å². The van der Waals surface area contributed by atoms with Crippen LogP contribution in [0.15, 0.2) is 30.3 Å². The van der Waals surface area contributed by atoms with Gasteiger partial charge in [-0.3, -0.25) is 14.5 Å². The number of fused-ring (bicyclic) bond motifs is 1. The van der Waals surface area contributed by atoms with Crippen molar-refractivity contribution < 1.29 is 28.5 Å². The second-order valence-corrected chi connectivity index (χ2v) is 8.45. The van der Waals surface area contributed by atoms with E-state index < -0.39 is 0 Å². The van der Waals surface area contributed by atoms with Crippen LogP contribution in [-0.4, -0.2) is 63.8 Å². The van der Waals surface area contributed by atoms with Gasteiger partial charge in [0.25, 0.3) is 11.8 Å². The van der Waals surface area contributed by atoms with Crippen LogP contribution in [0.1, 0.15) is 34.3 Å². The number of methoxy groups -OCH3 is 3. The number of hydrogen-bond acceptors (Lipinski definition) is 7. The summed E-state index contributed by atoms with van der Waals surface area (Å²) in [7, 11) is 4.82. The summed E-state index contributed by atoms with van der Waals surface area (Å²) in [5, 5.41) is 5.91. The van der Waals surface area contributed by atoms with Gasteiger partial charge in [0.15, 0.2) is 18.1 Å². The topological polar surface area (TPSA) is 98.4 Å². The molecule has 0 radical (unpaired) electrons. The summed E-state index contributed by atoms with van der Waals surface area (Å²) in [6.07, 6.45) is 1.71. The molecule has 2 N–H and O–H groups in total. The van der Waals surface area contributed by atoms with Crippen molar-refractivity contribution in [1.82, 2.24) is 15.5 Å². The van der Waals surface area contributed by atoms with Gasteiger partial charge in [-0.15, -0.1) is 0 Å². The maximum atomic E-state index is 12.8. The Morgan fingerprint density at radius 1 is 1.09 bits per heavy atom. The molecule has 2 aliphatic rings. The van der Waals surface area contributed by atoms with E-state index in [0.717, 1.165) is 43.6 Å². The molecule has 0 saturated carbocycles. The van der Waals surface area contributed by atoms with E-state index in [0.29, 0.717) is 35.1 Å². The van der Waals surface area contributed by atoms with Crippen LogP contribution in [0.25, 0.3) is 0 Å². The van der Waals surface area contributed by atoms with E-state index in [-0.39, 0.29) is 24.5 Å². The average Bonchev–Trinajstić information content (AvgIpc) is 3.05. The third-order valence-corrected chi connectivity index (χ3v) is 6.22.